The maximum atomic E-state index is 13.0. The molecule has 0 radical (unpaired) electrons. The summed E-state index contributed by atoms with van der Waals surface area (Å²) in [5.41, 5.74) is 3.14. The number of piperidine rings is 1. The predicted molar refractivity (Wildman–Crippen MR) is 98.3 cm³/mol. The number of amides is 1. The van der Waals surface area contributed by atoms with Crippen LogP contribution < -0.4 is 5.32 Å². The van der Waals surface area contributed by atoms with E-state index in [1.54, 1.807) is 0 Å². The Bertz CT molecular complexity index is 884. The highest BCUT2D eigenvalue weighted by Gasteiger charge is 2.31. The Morgan fingerprint density at radius 2 is 2.24 bits per heavy atom. The molecule has 6 nitrogen and oxygen atoms in total. The lowest BCUT2D eigenvalue weighted by Crippen LogP contribution is -2.39. The first-order valence-electron chi connectivity index (χ1n) is 8.46. The summed E-state index contributed by atoms with van der Waals surface area (Å²) in [6.07, 6.45) is 1.93. The van der Waals surface area contributed by atoms with E-state index < -0.39 is 0 Å². The lowest BCUT2D eigenvalue weighted by molar-refractivity contribution is 0.0699. The molecule has 1 aliphatic rings. The number of rotatable bonds is 3. The summed E-state index contributed by atoms with van der Waals surface area (Å²) in [7, 11) is 1.82. The van der Waals surface area contributed by atoms with Gasteiger partial charge in [-0.15, -0.1) is 0 Å². The molecular weight excluding hydrogens is 336 g/mol. The molecule has 0 saturated carbocycles. The van der Waals surface area contributed by atoms with Crippen molar-refractivity contribution in [3.63, 3.8) is 0 Å². The number of oxazole rings is 1. The molecule has 3 heterocycles. The quantitative estimate of drug-likeness (QED) is 0.775. The van der Waals surface area contributed by atoms with E-state index in [0.29, 0.717) is 12.1 Å². The van der Waals surface area contributed by atoms with Crippen molar-refractivity contribution < 1.29 is 9.21 Å². The van der Waals surface area contributed by atoms with Crippen LogP contribution in [0.5, 0.6) is 0 Å². The molecule has 3 aromatic rings. The first-order valence-corrected chi connectivity index (χ1v) is 9.23. The number of hydrogen-bond acceptors (Lipinski definition) is 6. The molecule has 1 fully saturated rings. The summed E-state index contributed by atoms with van der Waals surface area (Å²) in [5.74, 6) is 0.902. The van der Waals surface area contributed by atoms with Gasteiger partial charge < -0.3 is 14.6 Å². The van der Waals surface area contributed by atoms with Crippen LogP contribution >= 0.6 is 11.5 Å². The number of carbonyl (C=O) groups excluding carboxylic acids is 1. The molecule has 1 amide bonds. The van der Waals surface area contributed by atoms with Gasteiger partial charge in [0.2, 0.25) is 0 Å². The van der Waals surface area contributed by atoms with Crippen molar-refractivity contribution in [2.75, 3.05) is 25.5 Å². The van der Waals surface area contributed by atoms with Crippen LogP contribution in [0.3, 0.4) is 0 Å². The molecule has 1 N–H and O–H groups in total. The van der Waals surface area contributed by atoms with E-state index >= 15 is 0 Å². The molecule has 25 heavy (non-hydrogen) atoms. The third-order valence-electron chi connectivity index (χ3n) is 4.67. The number of aromatic nitrogens is 2. The summed E-state index contributed by atoms with van der Waals surface area (Å²) in [4.78, 5) is 19.5. The Balaban J connectivity index is 1.58. The van der Waals surface area contributed by atoms with Crippen LogP contribution in [0, 0.1) is 6.92 Å². The van der Waals surface area contributed by atoms with Crippen molar-refractivity contribution >= 4 is 33.5 Å². The fourth-order valence-corrected chi connectivity index (χ4v) is 4.12. The summed E-state index contributed by atoms with van der Waals surface area (Å²) < 4.78 is 10.2. The average molecular weight is 356 g/mol. The summed E-state index contributed by atoms with van der Waals surface area (Å²) >= 11 is 1.33. The van der Waals surface area contributed by atoms with Gasteiger partial charge in [-0.05, 0) is 43.4 Å². The first kappa shape index (κ1) is 16.1. The minimum Gasteiger partial charge on any atom is -0.440 e. The molecule has 1 unspecified atom stereocenters. The van der Waals surface area contributed by atoms with E-state index in [4.69, 9.17) is 4.42 Å². The topological polar surface area (TPSA) is 71.3 Å². The molecule has 1 atom stereocenters. The number of fused-ring (bicyclic) bond motifs is 1. The number of anilines is 1. The van der Waals surface area contributed by atoms with Crippen LogP contribution in [0.15, 0.2) is 28.7 Å². The van der Waals surface area contributed by atoms with Crippen LogP contribution in [0.25, 0.3) is 11.1 Å². The van der Waals surface area contributed by atoms with Gasteiger partial charge in [-0.3, -0.25) is 4.79 Å². The minimum atomic E-state index is 0.0383. The third-order valence-corrected chi connectivity index (χ3v) is 5.63. The highest BCUT2D eigenvalue weighted by Crippen LogP contribution is 2.32. The number of nitrogens with zero attached hydrogens (tertiary/aromatic N) is 3. The van der Waals surface area contributed by atoms with Crippen molar-refractivity contribution in [1.29, 1.82) is 0 Å². The van der Waals surface area contributed by atoms with Gasteiger partial charge >= 0.3 is 0 Å². The molecule has 130 valence electrons. The van der Waals surface area contributed by atoms with Gasteiger partial charge in [-0.2, -0.15) is 4.37 Å². The largest absolute Gasteiger partial charge is 0.440 e. The first-order chi connectivity index (χ1) is 12.2. The molecule has 7 heteroatoms. The molecular formula is C18H20N4O2S. The van der Waals surface area contributed by atoms with E-state index in [2.05, 4.69) is 14.7 Å². The molecule has 4 rings (SSSR count). The molecule has 0 aliphatic carbocycles. The predicted octanol–water partition coefficient (Wildman–Crippen LogP) is 3.65. The number of aryl methyl sites for hydroxylation is 1. The third kappa shape index (κ3) is 2.89. The van der Waals surface area contributed by atoms with Crippen molar-refractivity contribution in [3.05, 3.63) is 41.4 Å². The van der Waals surface area contributed by atoms with Gasteiger partial charge in [0, 0.05) is 20.1 Å². The normalized spacial score (nSPS) is 17.8. The van der Waals surface area contributed by atoms with Crippen LogP contribution in [-0.2, 0) is 0 Å². The standard InChI is InChI=1S/C18H20N4O2S/c1-11-15(17(19-2)25-21-11)18(23)22-9-5-6-12(10-22)16-20-13-7-3-4-8-14(13)24-16/h3-4,7-8,12,19H,5-6,9-10H2,1-2H3. The molecule has 0 bridgehead atoms. The van der Waals surface area contributed by atoms with Gasteiger partial charge in [-0.25, -0.2) is 4.98 Å². The van der Waals surface area contributed by atoms with Gasteiger partial charge in [-0.1, -0.05) is 12.1 Å². The van der Waals surface area contributed by atoms with E-state index in [0.717, 1.165) is 47.1 Å². The lowest BCUT2D eigenvalue weighted by atomic mass is 9.97. The van der Waals surface area contributed by atoms with Gasteiger partial charge in [0.05, 0.1) is 17.2 Å². The smallest absolute Gasteiger partial charge is 0.258 e. The molecule has 1 saturated heterocycles. The van der Waals surface area contributed by atoms with E-state index in [1.165, 1.54) is 11.5 Å². The van der Waals surface area contributed by atoms with E-state index in [9.17, 15) is 4.79 Å². The molecule has 1 aliphatic heterocycles. The molecule has 2 aromatic heterocycles. The Morgan fingerprint density at radius 1 is 1.40 bits per heavy atom. The van der Waals surface area contributed by atoms with Crippen molar-refractivity contribution in [2.45, 2.75) is 25.7 Å². The van der Waals surface area contributed by atoms with Crippen LogP contribution in [0.1, 0.15) is 40.7 Å². The van der Waals surface area contributed by atoms with E-state index in [-0.39, 0.29) is 11.8 Å². The van der Waals surface area contributed by atoms with Gasteiger partial charge in [0.25, 0.3) is 5.91 Å². The van der Waals surface area contributed by atoms with Crippen LogP contribution in [0.4, 0.5) is 5.00 Å². The summed E-state index contributed by atoms with van der Waals surface area (Å²) in [6.45, 7) is 3.27. The Morgan fingerprint density at radius 3 is 3.04 bits per heavy atom. The van der Waals surface area contributed by atoms with Crippen LogP contribution in [0.2, 0.25) is 0 Å². The van der Waals surface area contributed by atoms with E-state index in [1.807, 2.05) is 43.1 Å². The second-order valence-corrected chi connectivity index (χ2v) is 7.11. The van der Waals surface area contributed by atoms with Gasteiger partial charge in [0.15, 0.2) is 11.5 Å². The number of hydrogen-bond donors (Lipinski definition) is 1. The number of nitrogens with one attached hydrogen (secondary N) is 1. The Labute approximate surface area is 150 Å². The van der Waals surface area contributed by atoms with Crippen LogP contribution in [-0.4, -0.2) is 40.3 Å². The fourth-order valence-electron chi connectivity index (χ4n) is 3.38. The van der Waals surface area contributed by atoms with Crippen molar-refractivity contribution in [1.82, 2.24) is 14.3 Å². The minimum absolute atomic E-state index is 0.0383. The zero-order valence-electron chi connectivity index (χ0n) is 14.3. The highest BCUT2D eigenvalue weighted by molar-refractivity contribution is 7.10. The number of para-hydroxylation sites is 2. The Kier molecular flexibility index (Phi) is 4.17. The second-order valence-electron chi connectivity index (χ2n) is 6.33. The summed E-state index contributed by atoms with van der Waals surface area (Å²) in [5, 5.41) is 3.90. The van der Waals surface area contributed by atoms with Crippen molar-refractivity contribution in [3.8, 4) is 0 Å². The second kappa shape index (κ2) is 6.48. The Hall–Kier alpha value is -2.41. The van der Waals surface area contributed by atoms with Crippen molar-refractivity contribution in [2.24, 2.45) is 0 Å². The maximum absolute atomic E-state index is 13.0. The number of likely N-dealkylation sites (tertiary alicyclic amines) is 1. The lowest BCUT2D eigenvalue weighted by Gasteiger charge is -2.31. The van der Waals surface area contributed by atoms with Gasteiger partial charge in [0.1, 0.15) is 10.5 Å². The maximum Gasteiger partial charge on any atom is 0.258 e. The zero-order valence-corrected chi connectivity index (χ0v) is 15.1. The fraction of sp³-hybridized carbons (Fsp3) is 0.389. The monoisotopic (exact) mass is 356 g/mol. The number of carbonyl (C=O) groups is 1. The zero-order chi connectivity index (χ0) is 17.4. The number of benzene rings is 1. The average Bonchev–Trinajstić information content (AvgIpc) is 3.24. The highest BCUT2D eigenvalue weighted by atomic mass is 32.1. The molecule has 0 spiro atoms. The molecule has 1 aromatic carbocycles. The SMILES string of the molecule is CNc1snc(C)c1C(=O)N1CCCC(c2nc3ccccc3o2)C1. The summed E-state index contributed by atoms with van der Waals surface area (Å²) in [6, 6.07) is 7.78.